The number of nitrogens with zero attached hydrogens (tertiary/aromatic N) is 3. The molecule has 5 nitrogen and oxygen atoms in total. The van der Waals surface area contributed by atoms with Crippen molar-refractivity contribution in [3.8, 4) is 11.5 Å². The van der Waals surface area contributed by atoms with Crippen molar-refractivity contribution in [1.82, 2.24) is 14.8 Å². The van der Waals surface area contributed by atoms with Gasteiger partial charge in [-0.05, 0) is 42.9 Å². The van der Waals surface area contributed by atoms with E-state index in [2.05, 4.69) is 15.4 Å². The van der Waals surface area contributed by atoms with Gasteiger partial charge in [0.25, 0.3) is 4.84 Å². The minimum absolute atomic E-state index is 0.329. The Morgan fingerprint density at radius 2 is 2.10 bits per heavy atom. The third kappa shape index (κ3) is 3.00. The molecule has 0 radical (unpaired) electrons. The second-order valence-electron chi connectivity index (χ2n) is 4.56. The highest BCUT2D eigenvalue weighted by atomic mass is 32.1. The molecule has 1 aromatic carbocycles. The number of aromatic nitrogens is 3. The van der Waals surface area contributed by atoms with Crippen LogP contribution >= 0.6 is 12.2 Å². The maximum Gasteiger partial charge on any atom is 0.289 e. The van der Waals surface area contributed by atoms with Gasteiger partial charge in [0.05, 0.1) is 5.56 Å². The maximum atomic E-state index is 5.51. The molecule has 21 heavy (non-hydrogen) atoms. The number of hydrogen-bond donors (Lipinski definition) is 1. The molecule has 0 saturated carbocycles. The van der Waals surface area contributed by atoms with Crippen LogP contribution in [-0.4, -0.2) is 14.8 Å². The monoisotopic (exact) mass is 298 g/mol. The number of aryl methyl sites for hydroxylation is 1. The summed E-state index contributed by atoms with van der Waals surface area (Å²) in [6, 6.07) is 11.8. The number of benzene rings is 1. The lowest BCUT2D eigenvalue weighted by molar-refractivity contribution is 0.522. The van der Waals surface area contributed by atoms with Gasteiger partial charge in [0.2, 0.25) is 5.89 Å². The molecule has 0 saturated heterocycles. The first kappa shape index (κ1) is 13.5. The summed E-state index contributed by atoms with van der Waals surface area (Å²) in [4.78, 5) is 4.37. The second kappa shape index (κ2) is 5.88. The molecular formula is C15H14N4OS. The van der Waals surface area contributed by atoms with Crippen LogP contribution in [0.4, 0.5) is 5.69 Å². The number of para-hydroxylation sites is 1. The molecule has 6 heteroatoms. The zero-order valence-electron chi connectivity index (χ0n) is 11.5. The number of rotatable bonds is 4. The summed E-state index contributed by atoms with van der Waals surface area (Å²) >= 11 is 5.19. The molecule has 106 valence electrons. The molecule has 2 aromatic heterocycles. The average molecular weight is 298 g/mol. The zero-order valence-corrected chi connectivity index (χ0v) is 12.3. The van der Waals surface area contributed by atoms with Crippen LogP contribution in [0.15, 0.2) is 53.2 Å². The fourth-order valence-electron chi connectivity index (χ4n) is 1.94. The third-order valence-corrected chi connectivity index (χ3v) is 3.37. The van der Waals surface area contributed by atoms with E-state index < -0.39 is 0 Å². The van der Waals surface area contributed by atoms with Crippen LogP contribution in [0, 0.1) is 11.8 Å². The normalized spacial score (nSPS) is 10.5. The quantitative estimate of drug-likeness (QED) is 0.745. The van der Waals surface area contributed by atoms with Crippen LogP contribution in [-0.2, 0) is 6.67 Å². The average Bonchev–Trinajstić information content (AvgIpc) is 2.89. The van der Waals surface area contributed by atoms with Gasteiger partial charge in [0.1, 0.15) is 6.67 Å². The maximum absolute atomic E-state index is 5.51. The predicted molar refractivity (Wildman–Crippen MR) is 83.4 cm³/mol. The Labute approximate surface area is 127 Å². The lowest BCUT2D eigenvalue weighted by atomic mass is 10.2. The Kier molecular flexibility index (Phi) is 3.79. The number of hydrogen-bond acceptors (Lipinski definition) is 5. The van der Waals surface area contributed by atoms with Crippen molar-refractivity contribution in [1.29, 1.82) is 0 Å². The van der Waals surface area contributed by atoms with E-state index in [4.69, 9.17) is 16.6 Å². The molecule has 0 amide bonds. The van der Waals surface area contributed by atoms with Gasteiger partial charge in [-0.15, -0.1) is 5.10 Å². The van der Waals surface area contributed by atoms with Crippen molar-refractivity contribution in [2.75, 3.05) is 5.32 Å². The first-order valence-corrected chi connectivity index (χ1v) is 6.93. The minimum atomic E-state index is 0.329. The Hall–Kier alpha value is -2.47. The van der Waals surface area contributed by atoms with E-state index in [9.17, 15) is 0 Å². The van der Waals surface area contributed by atoms with Crippen LogP contribution < -0.4 is 5.32 Å². The van der Waals surface area contributed by atoms with Crippen molar-refractivity contribution in [2.45, 2.75) is 13.6 Å². The number of pyridine rings is 1. The fourth-order valence-corrected chi connectivity index (χ4v) is 2.13. The summed E-state index contributed by atoms with van der Waals surface area (Å²) in [5, 5.41) is 7.66. The second-order valence-corrected chi connectivity index (χ2v) is 4.91. The van der Waals surface area contributed by atoms with Crippen LogP contribution in [0.5, 0.6) is 0 Å². The van der Waals surface area contributed by atoms with E-state index >= 15 is 0 Å². The topological polar surface area (TPSA) is 55.9 Å². The summed E-state index contributed by atoms with van der Waals surface area (Å²) < 4.78 is 7.12. The first-order valence-electron chi connectivity index (χ1n) is 6.52. The van der Waals surface area contributed by atoms with Crippen molar-refractivity contribution < 1.29 is 4.42 Å². The molecule has 0 fully saturated rings. The molecule has 2 heterocycles. The number of nitrogens with one attached hydrogen (secondary N) is 1. The molecule has 0 aliphatic carbocycles. The molecule has 3 rings (SSSR count). The smallest absolute Gasteiger partial charge is 0.289 e. The van der Waals surface area contributed by atoms with Gasteiger partial charge < -0.3 is 9.73 Å². The van der Waals surface area contributed by atoms with E-state index in [-0.39, 0.29) is 0 Å². The predicted octanol–water partition coefficient (Wildman–Crippen LogP) is 3.65. The SMILES string of the molecule is Cc1ccccc1NCn1nc(-c2cccnc2)oc1=S. The van der Waals surface area contributed by atoms with Crippen molar-refractivity contribution in [3.63, 3.8) is 0 Å². The number of anilines is 1. The standard InChI is InChI=1S/C15H14N4OS/c1-11-5-2-3-7-13(11)17-10-19-15(21)20-14(18-19)12-6-4-8-16-9-12/h2-9,17H,10H2,1H3. The van der Waals surface area contributed by atoms with Crippen LogP contribution in [0.3, 0.4) is 0 Å². The van der Waals surface area contributed by atoms with Crippen LogP contribution in [0.2, 0.25) is 0 Å². The summed E-state index contributed by atoms with van der Waals surface area (Å²) in [6.07, 6.45) is 3.40. The van der Waals surface area contributed by atoms with Crippen LogP contribution in [0.1, 0.15) is 5.56 Å². The molecule has 0 atom stereocenters. The lowest BCUT2D eigenvalue weighted by Gasteiger charge is -2.08. The Bertz CT molecular complexity index is 795. The molecule has 0 unspecified atom stereocenters. The van der Waals surface area contributed by atoms with E-state index in [1.807, 2.05) is 43.3 Å². The lowest BCUT2D eigenvalue weighted by Crippen LogP contribution is -2.10. The van der Waals surface area contributed by atoms with Gasteiger partial charge in [-0.1, -0.05) is 18.2 Å². The molecule has 1 N–H and O–H groups in total. The Morgan fingerprint density at radius 3 is 2.86 bits per heavy atom. The van der Waals surface area contributed by atoms with Gasteiger partial charge in [0, 0.05) is 18.1 Å². The molecule has 0 bridgehead atoms. The minimum Gasteiger partial charge on any atom is -0.409 e. The summed E-state index contributed by atoms with van der Waals surface area (Å²) in [5.74, 6) is 0.472. The van der Waals surface area contributed by atoms with E-state index in [1.165, 1.54) is 5.56 Å². The van der Waals surface area contributed by atoms with Crippen molar-refractivity contribution in [2.24, 2.45) is 0 Å². The Balaban J connectivity index is 1.80. The van der Waals surface area contributed by atoms with Gasteiger partial charge in [0.15, 0.2) is 0 Å². The summed E-state index contributed by atoms with van der Waals surface area (Å²) in [7, 11) is 0. The molecular weight excluding hydrogens is 284 g/mol. The third-order valence-electron chi connectivity index (χ3n) is 3.08. The first-order chi connectivity index (χ1) is 10.2. The van der Waals surface area contributed by atoms with E-state index in [0.29, 0.717) is 17.4 Å². The summed E-state index contributed by atoms with van der Waals surface area (Å²) in [5.41, 5.74) is 3.02. The molecule has 3 aromatic rings. The molecule has 0 aliphatic rings. The highest BCUT2D eigenvalue weighted by Gasteiger charge is 2.08. The fraction of sp³-hybridized carbons (Fsp3) is 0.133. The molecule has 0 aliphatic heterocycles. The van der Waals surface area contributed by atoms with Crippen molar-refractivity contribution in [3.05, 3.63) is 59.2 Å². The van der Waals surface area contributed by atoms with Crippen molar-refractivity contribution >= 4 is 17.9 Å². The Morgan fingerprint density at radius 1 is 1.24 bits per heavy atom. The highest BCUT2D eigenvalue weighted by molar-refractivity contribution is 7.71. The van der Waals surface area contributed by atoms with Gasteiger partial charge in [-0.25, -0.2) is 4.68 Å². The van der Waals surface area contributed by atoms with Crippen LogP contribution in [0.25, 0.3) is 11.5 Å². The van der Waals surface area contributed by atoms with E-state index in [0.717, 1.165) is 11.3 Å². The zero-order chi connectivity index (χ0) is 14.7. The largest absolute Gasteiger partial charge is 0.409 e. The highest BCUT2D eigenvalue weighted by Crippen LogP contribution is 2.17. The molecule has 0 spiro atoms. The summed E-state index contributed by atoms with van der Waals surface area (Å²) in [6.45, 7) is 2.50. The van der Waals surface area contributed by atoms with E-state index in [1.54, 1.807) is 17.1 Å². The van der Waals surface area contributed by atoms with Gasteiger partial charge >= 0.3 is 0 Å². The van der Waals surface area contributed by atoms with Gasteiger partial charge in [-0.3, -0.25) is 4.98 Å². The van der Waals surface area contributed by atoms with Gasteiger partial charge in [-0.2, -0.15) is 0 Å².